The van der Waals surface area contributed by atoms with Crippen LogP contribution in [0.2, 0.25) is 0 Å². The number of benzene rings is 1. The normalized spacial score (nSPS) is 12.0. The quantitative estimate of drug-likeness (QED) is 0.728. The van der Waals surface area contributed by atoms with Gasteiger partial charge >= 0.3 is 5.97 Å². The second kappa shape index (κ2) is 9.04. The lowest BCUT2D eigenvalue weighted by Crippen LogP contribution is -2.43. The van der Waals surface area contributed by atoms with Gasteiger partial charge in [0.15, 0.2) is 6.04 Å². The van der Waals surface area contributed by atoms with E-state index in [0.717, 1.165) is 6.42 Å². The Labute approximate surface area is 130 Å². The van der Waals surface area contributed by atoms with Crippen LogP contribution in [0.1, 0.15) is 30.6 Å². The van der Waals surface area contributed by atoms with Crippen LogP contribution in [-0.4, -0.2) is 43.3 Å². The molecule has 1 aromatic rings. The van der Waals surface area contributed by atoms with Crippen LogP contribution >= 0.6 is 0 Å². The number of carbonyl (C=O) groups excluding carboxylic acids is 1. The Bertz CT molecular complexity index is 484. The summed E-state index contributed by atoms with van der Waals surface area (Å²) in [7, 11) is 1.38. The van der Waals surface area contributed by atoms with Gasteiger partial charge in [0.2, 0.25) is 0 Å². The van der Waals surface area contributed by atoms with Gasteiger partial charge in [-0.3, -0.25) is 4.79 Å². The minimum absolute atomic E-state index is 0.0858. The predicted octanol–water partition coefficient (Wildman–Crippen LogP) is 1.94. The molecule has 22 heavy (non-hydrogen) atoms. The van der Waals surface area contributed by atoms with Crippen molar-refractivity contribution in [2.75, 3.05) is 20.3 Å². The third-order valence-electron chi connectivity index (χ3n) is 3.02. The number of ether oxygens (including phenoxy) is 2. The zero-order valence-electron chi connectivity index (χ0n) is 13.2. The lowest BCUT2D eigenvalue weighted by molar-refractivity contribution is -0.140. The van der Waals surface area contributed by atoms with Gasteiger partial charge in [0.1, 0.15) is 5.75 Å². The lowest BCUT2D eigenvalue weighted by Gasteiger charge is -2.13. The molecule has 0 aliphatic heterocycles. The summed E-state index contributed by atoms with van der Waals surface area (Å²) in [5.41, 5.74) is 0.374. The van der Waals surface area contributed by atoms with Gasteiger partial charge in [-0.1, -0.05) is 13.8 Å². The zero-order valence-corrected chi connectivity index (χ0v) is 13.2. The van der Waals surface area contributed by atoms with Crippen molar-refractivity contribution in [1.82, 2.24) is 5.32 Å². The number of methoxy groups -OCH3 is 1. The molecule has 122 valence electrons. The van der Waals surface area contributed by atoms with E-state index in [0.29, 0.717) is 23.8 Å². The third kappa shape index (κ3) is 6.13. The molecule has 0 aromatic heterocycles. The van der Waals surface area contributed by atoms with E-state index in [2.05, 4.69) is 19.2 Å². The van der Waals surface area contributed by atoms with Crippen molar-refractivity contribution in [3.63, 3.8) is 0 Å². The van der Waals surface area contributed by atoms with Crippen molar-refractivity contribution in [3.8, 4) is 5.75 Å². The minimum atomic E-state index is -1.14. The Morgan fingerprint density at radius 2 is 1.86 bits per heavy atom. The van der Waals surface area contributed by atoms with Crippen LogP contribution in [0.3, 0.4) is 0 Å². The van der Waals surface area contributed by atoms with Crippen molar-refractivity contribution in [1.29, 1.82) is 0 Å². The zero-order chi connectivity index (χ0) is 16.5. The molecule has 0 saturated heterocycles. The third-order valence-corrected chi connectivity index (χ3v) is 3.02. The van der Waals surface area contributed by atoms with E-state index in [9.17, 15) is 9.59 Å². The summed E-state index contributed by atoms with van der Waals surface area (Å²) >= 11 is 0. The summed E-state index contributed by atoms with van der Waals surface area (Å²) in [6, 6.07) is 5.53. The first-order valence-corrected chi connectivity index (χ1v) is 7.19. The van der Waals surface area contributed by atoms with Gasteiger partial charge in [-0.15, -0.1) is 0 Å². The van der Waals surface area contributed by atoms with E-state index in [4.69, 9.17) is 14.6 Å². The van der Waals surface area contributed by atoms with E-state index in [1.54, 1.807) is 24.3 Å². The molecule has 1 atom stereocenters. The molecule has 0 spiro atoms. The van der Waals surface area contributed by atoms with Gasteiger partial charge in [0.25, 0.3) is 5.91 Å². The number of hydrogen-bond acceptors (Lipinski definition) is 4. The number of aliphatic carboxylic acids is 1. The van der Waals surface area contributed by atoms with Gasteiger partial charge in [0.05, 0.1) is 13.2 Å². The summed E-state index contributed by atoms with van der Waals surface area (Å²) in [6.07, 6.45) is 0.958. The van der Waals surface area contributed by atoms with Crippen LogP contribution in [0, 0.1) is 5.92 Å². The van der Waals surface area contributed by atoms with E-state index in [1.165, 1.54) is 7.11 Å². The van der Waals surface area contributed by atoms with Crippen LogP contribution in [0.15, 0.2) is 24.3 Å². The number of nitrogens with one attached hydrogen (secondary N) is 1. The molecule has 0 fully saturated rings. The highest BCUT2D eigenvalue weighted by Crippen LogP contribution is 2.13. The second-order valence-corrected chi connectivity index (χ2v) is 5.37. The van der Waals surface area contributed by atoms with Gasteiger partial charge < -0.3 is 19.9 Å². The molecule has 0 aliphatic carbocycles. The molecule has 0 bridgehead atoms. The van der Waals surface area contributed by atoms with Crippen molar-refractivity contribution >= 4 is 11.9 Å². The fourth-order valence-corrected chi connectivity index (χ4v) is 1.70. The van der Waals surface area contributed by atoms with Gasteiger partial charge in [-0.25, -0.2) is 4.79 Å². The van der Waals surface area contributed by atoms with Gasteiger partial charge in [-0.2, -0.15) is 0 Å². The summed E-state index contributed by atoms with van der Waals surface area (Å²) < 4.78 is 10.3. The van der Waals surface area contributed by atoms with Crippen molar-refractivity contribution in [3.05, 3.63) is 29.8 Å². The Balaban J connectivity index is 2.57. The van der Waals surface area contributed by atoms with Crippen molar-refractivity contribution in [2.24, 2.45) is 5.92 Å². The number of carboxylic acid groups (broad SMARTS) is 1. The molecular formula is C16H23NO5. The molecule has 0 radical (unpaired) electrons. The Morgan fingerprint density at radius 1 is 1.23 bits per heavy atom. The minimum Gasteiger partial charge on any atom is -0.494 e. The van der Waals surface area contributed by atoms with E-state index < -0.39 is 17.9 Å². The molecule has 0 heterocycles. The van der Waals surface area contributed by atoms with Crippen LogP contribution in [-0.2, 0) is 9.53 Å². The number of carboxylic acids is 1. The Kier molecular flexibility index (Phi) is 7.39. The van der Waals surface area contributed by atoms with E-state index in [-0.39, 0.29) is 6.61 Å². The highest BCUT2D eigenvalue weighted by Gasteiger charge is 2.20. The van der Waals surface area contributed by atoms with Gasteiger partial charge in [0, 0.05) is 12.7 Å². The molecule has 1 unspecified atom stereocenters. The molecule has 1 rings (SSSR count). The first-order valence-electron chi connectivity index (χ1n) is 7.19. The van der Waals surface area contributed by atoms with Crippen LogP contribution < -0.4 is 10.1 Å². The Hall–Kier alpha value is -2.08. The SMILES string of the molecule is COCC(NC(=O)c1ccc(OCCC(C)C)cc1)C(=O)O. The average Bonchev–Trinajstić information content (AvgIpc) is 2.47. The maximum absolute atomic E-state index is 12.0. The molecule has 1 amide bonds. The molecule has 6 heteroatoms. The number of rotatable bonds is 9. The highest BCUT2D eigenvalue weighted by molar-refractivity contribution is 5.96. The maximum atomic E-state index is 12.0. The van der Waals surface area contributed by atoms with Crippen LogP contribution in [0.4, 0.5) is 0 Å². The van der Waals surface area contributed by atoms with Crippen LogP contribution in [0.5, 0.6) is 5.75 Å². The van der Waals surface area contributed by atoms with Crippen molar-refractivity contribution in [2.45, 2.75) is 26.3 Å². The van der Waals surface area contributed by atoms with Crippen molar-refractivity contribution < 1.29 is 24.2 Å². The topological polar surface area (TPSA) is 84.9 Å². The molecular weight excluding hydrogens is 286 g/mol. The molecule has 0 saturated carbocycles. The highest BCUT2D eigenvalue weighted by atomic mass is 16.5. The smallest absolute Gasteiger partial charge is 0.328 e. The first kappa shape index (κ1) is 18.0. The summed E-state index contributed by atoms with van der Waals surface area (Å²) in [5.74, 6) is -0.343. The average molecular weight is 309 g/mol. The molecule has 0 aliphatic rings. The number of amides is 1. The Morgan fingerprint density at radius 3 is 2.36 bits per heavy atom. The molecule has 2 N–H and O–H groups in total. The standard InChI is InChI=1S/C16H23NO5/c1-11(2)8-9-22-13-6-4-12(5-7-13)15(18)17-14(10-21-3)16(19)20/h4-7,11,14H,8-10H2,1-3H3,(H,17,18)(H,19,20). The fourth-order valence-electron chi connectivity index (χ4n) is 1.70. The second-order valence-electron chi connectivity index (χ2n) is 5.37. The fraction of sp³-hybridized carbons (Fsp3) is 0.500. The largest absolute Gasteiger partial charge is 0.494 e. The monoisotopic (exact) mass is 309 g/mol. The molecule has 6 nitrogen and oxygen atoms in total. The summed E-state index contributed by atoms with van der Waals surface area (Å²) in [4.78, 5) is 22.9. The molecule has 1 aromatic carbocycles. The maximum Gasteiger partial charge on any atom is 0.328 e. The van der Waals surface area contributed by atoms with Crippen LogP contribution in [0.25, 0.3) is 0 Å². The lowest BCUT2D eigenvalue weighted by atomic mass is 10.1. The summed E-state index contributed by atoms with van der Waals surface area (Å²) in [5, 5.41) is 11.4. The number of carbonyl (C=O) groups is 2. The number of hydrogen-bond donors (Lipinski definition) is 2. The van der Waals surface area contributed by atoms with E-state index in [1.807, 2.05) is 0 Å². The van der Waals surface area contributed by atoms with Gasteiger partial charge in [-0.05, 0) is 36.6 Å². The van der Waals surface area contributed by atoms with E-state index >= 15 is 0 Å². The predicted molar refractivity (Wildman–Crippen MR) is 82.2 cm³/mol. The first-order chi connectivity index (χ1) is 10.4. The summed E-state index contributed by atoms with van der Waals surface area (Å²) in [6.45, 7) is 4.78.